The van der Waals surface area contributed by atoms with Crippen LogP contribution in [0.5, 0.6) is 0 Å². The van der Waals surface area contributed by atoms with E-state index in [1.54, 1.807) is 0 Å². The fourth-order valence-electron chi connectivity index (χ4n) is 3.34. The summed E-state index contributed by atoms with van der Waals surface area (Å²) >= 11 is 5.11. The summed E-state index contributed by atoms with van der Waals surface area (Å²) in [6.45, 7) is 12.8. The highest BCUT2D eigenvalue weighted by atomic mass is 35.5. The Morgan fingerprint density at radius 2 is 2.17 bits per heavy atom. The molecule has 0 spiro atoms. The lowest BCUT2D eigenvalue weighted by atomic mass is 10.0. The van der Waals surface area contributed by atoms with E-state index in [-0.39, 0.29) is 10.8 Å². The molecule has 1 aliphatic rings. The van der Waals surface area contributed by atoms with E-state index < -0.39 is 11.4 Å². The van der Waals surface area contributed by atoms with Gasteiger partial charge in [0.25, 0.3) is 0 Å². The molecular weight excluding hydrogens is 340 g/mol. The quantitative estimate of drug-likeness (QED) is 0.594. The minimum Gasteiger partial charge on any atom is -0.598 e. The summed E-state index contributed by atoms with van der Waals surface area (Å²) in [4.78, 5) is 2.45. The molecule has 1 heterocycles. The van der Waals surface area contributed by atoms with Gasteiger partial charge < -0.3 is 4.55 Å². The third-order valence-corrected chi connectivity index (χ3v) is 6.50. The van der Waals surface area contributed by atoms with Crippen molar-refractivity contribution in [3.8, 4) is 0 Å². The summed E-state index contributed by atoms with van der Waals surface area (Å²) in [6, 6.07) is 8.92. The molecule has 1 aromatic rings. The first-order valence-electron chi connectivity index (χ1n) is 8.54. The molecule has 134 valence electrons. The van der Waals surface area contributed by atoms with Crippen molar-refractivity contribution in [2.45, 2.75) is 63.4 Å². The van der Waals surface area contributed by atoms with Crippen molar-refractivity contribution in [2.24, 2.45) is 0 Å². The normalized spacial score (nSPS) is 24.8. The Labute approximate surface area is 154 Å². The monoisotopic (exact) mass is 368 g/mol. The van der Waals surface area contributed by atoms with E-state index in [4.69, 9.17) is 11.6 Å². The van der Waals surface area contributed by atoms with Gasteiger partial charge in [-0.3, -0.25) is 4.90 Å². The van der Waals surface area contributed by atoms with Crippen LogP contribution in [0.15, 0.2) is 36.9 Å². The predicted octanol–water partition coefficient (Wildman–Crippen LogP) is 4.47. The second-order valence-electron chi connectivity index (χ2n) is 7.49. The van der Waals surface area contributed by atoms with E-state index in [2.05, 4.69) is 35.3 Å². The Hall–Kier alpha value is -0.520. The summed E-state index contributed by atoms with van der Waals surface area (Å²) in [5.41, 5.74) is 1.25. The van der Waals surface area contributed by atoms with Gasteiger partial charge in [0.2, 0.25) is 0 Å². The lowest BCUT2D eigenvalue weighted by Crippen LogP contribution is -2.51. The highest BCUT2D eigenvalue weighted by molar-refractivity contribution is 7.90. The first-order valence-corrected chi connectivity index (χ1v) is 10.1. The summed E-state index contributed by atoms with van der Waals surface area (Å²) < 4.78 is 15.5. The zero-order valence-electron chi connectivity index (χ0n) is 15.1. The lowest BCUT2D eigenvalue weighted by molar-refractivity contribution is 0.191. The standard InChI is InChI=1S/C19H29ClN2OS/c1-6-12-22-17(14(2)21-24(23)19(3,4)5)10-11-18(22)15-8-7-9-16(20)13-15/h6-9,13-14,17-18,21H,1,10-12H2,2-5H3/t14?,17-,18+,24+/m1/s1. The molecule has 1 fully saturated rings. The minimum absolute atomic E-state index is 0.147. The fraction of sp³-hybridized carbons (Fsp3) is 0.579. The topological polar surface area (TPSA) is 38.3 Å². The first-order chi connectivity index (χ1) is 11.2. The second kappa shape index (κ2) is 8.24. The average molecular weight is 369 g/mol. The maximum absolute atomic E-state index is 12.4. The van der Waals surface area contributed by atoms with Crippen molar-refractivity contribution < 1.29 is 4.55 Å². The molecule has 5 heteroatoms. The summed E-state index contributed by atoms with van der Waals surface area (Å²) in [7, 11) is 0. The number of hydrogen-bond donors (Lipinski definition) is 1. The third-order valence-electron chi connectivity index (χ3n) is 4.56. The van der Waals surface area contributed by atoms with E-state index in [0.717, 1.165) is 24.4 Å². The number of benzene rings is 1. The molecule has 1 N–H and O–H groups in total. The van der Waals surface area contributed by atoms with Crippen LogP contribution in [0.3, 0.4) is 0 Å². The SMILES string of the molecule is C=CCN1[C@@H](C(C)N[S@@+]([O-])C(C)(C)C)CC[C@H]1c1cccc(Cl)c1. The molecule has 2 rings (SSSR count). The zero-order chi connectivity index (χ0) is 17.9. The van der Waals surface area contributed by atoms with Crippen LogP contribution in [0.25, 0.3) is 0 Å². The molecular formula is C19H29ClN2OS. The van der Waals surface area contributed by atoms with Gasteiger partial charge in [-0.15, -0.1) is 11.3 Å². The van der Waals surface area contributed by atoms with Gasteiger partial charge in [0.1, 0.15) is 4.75 Å². The van der Waals surface area contributed by atoms with E-state index in [1.165, 1.54) is 5.56 Å². The maximum atomic E-state index is 12.4. The molecule has 0 amide bonds. The van der Waals surface area contributed by atoms with Gasteiger partial charge in [0.05, 0.1) is 6.04 Å². The highest BCUT2D eigenvalue weighted by Gasteiger charge is 2.39. The Morgan fingerprint density at radius 1 is 1.46 bits per heavy atom. The van der Waals surface area contributed by atoms with Gasteiger partial charge in [0, 0.05) is 35.0 Å². The minimum atomic E-state index is -1.07. The number of hydrogen-bond acceptors (Lipinski definition) is 3. The van der Waals surface area contributed by atoms with Crippen LogP contribution in [0, 0.1) is 0 Å². The van der Waals surface area contributed by atoms with Gasteiger partial charge in [-0.05, 0) is 58.2 Å². The Kier molecular flexibility index (Phi) is 6.80. The van der Waals surface area contributed by atoms with Gasteiger partial charge in [-0.25, -0.2) is 0 Å². The van der Waals surface area contributed by atoms with Crippen LogP contribution in [0.4, 0.5) is 0 Å². The molecule has 0 aromatic heterocycles. The number of likely N-dealkylation sites (tertiary alicyclic amines) is 1. The van der Waals surface area contributed by atoms with Crippen molar-refractivity contribution >= 4 is 23.0 Å². The van der Waals surface area contributed by atoms with Crippen molar-refractivity contribution in [3.05, 3.63) is 47.5 Å². The molecule has 1 saturated heterocycles. The Morgan fingerprint density at radius 3 is 2.75 bits per heavy atom. The molecule has 0 radical (unpaired) electrons. The summed E-state index contributed by atoms with van der Waals surface area (Å²) in [5, 5.41) is 0.773. The van der Waals surface area contributed by atoms with Crippen LogP contribution in [0.1, 0.15) is 52.1 Å². The Bertz CT molecular complexity index is 561. The van der Waals surface area contributed by atoms with Gasteiger partial charge in [-0.2, -0.15) is 0 Å². The van der Waals surface area contributed by atoms with Gasteiger partial charge in [0.15, 0.2) is 0 Å². The van der Waals surface area contributed by atoms with Crippen LogP contribution in [-0.4, -0.2) is 32.8 Å². The predicted molar refractivity (Wildman–Crippen MR) is 105 cm³/mol. The van der Waals surface area contributed by atoms with Crippen molar-refractivity contribution in [1.29, 1.82) is 0 Å². The molecule has 1 aromatic carbocycles. The van der Waals surface area contributed by atoms with E-state index in [0.29, 0.717) is 12.1 Å². The van der Waals surface area contributed by atoms with Gasteiger partial charge in [-0.1, -0.05) is 29.8 Å². The van der Waals surface area contributed by atoms with E-state index in [1.807, 2.05) is 39.0 Å². The Balaban J connectivity index is 2.14. The average Bonchev–Trinajstić information content (AvgIpc) is 2.90. The molecule has 3 nitrogen and oxygen atoms in total. The van der Waals surface area contributed by atoms with Crippen LogP contribution >= 0.6 is 11.6 Å². The zero-order valence-corrected chi connectivity index (χ0v) is 16.7. The number of halogens is 1. The van der Waals surface area contributed by atoms with Crippen molar-refractivity contribution in [2.75, 3.05) is 6.54 Å². The van der Waals surface area contributed by atoms with Crippen LogP contribution < -0.4 is 4.72 Å². The molecule has 1 unspecified atom stereocenters. The molecule has 0 bridgehead atoms. The molecule has 0 aliphatic carbocycles. The molecule has 4 atom stereocenters. The van der Waals surface area contributed by atoms with E-state index >= 15 is 0 Å². The number of rotatable bonds is 6. The molecule has 24 heavy (non-hydrogen) atoms. The summed E-state index contributed by atoms with van der Waals surface area (Å²) in [5.74, 6) is 0. The lowest BCUT2D eigenvalue weighted by Gasteiger charge is -2.35. The molecule has 0 saturated carbocycles. The molecule has 1 aliphatic heterocycles. The smallest absolute Gasteiger partial charge is 0.136 e. The van der Waals surface area contributed by atoms with Crippen LogP contribution in [0.2, 0.25) is 5.02 Å². The van der Waals surface area contributed by atoms with E-state index in [9.17, 15) is 4.55 Å². The van der Waals surface area contributed by atoms with Crippen molar-refractivity contribution in [3.63, 3.8) is 0 Å². The van der Waals surface area contributed by atoms with Crippen molar-refractivity contribution in [1.82, 2.24) is 9.62 Å². The fourth-order valence-corrected chi connectivity index (χ4v) is 4.38. The highest BCUT2D eigenvalue weighted by Crippen LogP contribution is 2.38. The first kappa shape index (κ1) is 19.8. The third kappa shape index (κ3) is 4.77. The largest absolute Gasteiger partial charge is 0.598 e. The summed E-state index contributed by atoms with van der Waals surface area (Å²) in [6.07, 6.45) is 4.09. The van der Waals surface area contributed by atoms with Crippen LogP contribution in [-0.2, 0) is 11.4 Å². The second-order valence-corrected chi connectivity index (χ2v) is 9.92. The number of nitrogens with zero attached hydrogens (tertiary/aromatic N) is 1. The number of nitrogens with one attached hydrogen (secondary N) is 1. The van der Waals surface area contributed by atoms with Gasteiger partial charge >= 0.3 is 0 Å². The maximum Gasteiger partial charge on any atom is 0.136 e.